The highest BCUT2D eigenvalue weighted by Crippen LogP contribution is 2.20. The van der Waals surface area contributed by atoms with Gasteiger partial charge in [0.05, 0.1) is 13.2 Å². The molecular formula is C17H20O2. The van der Waals surface area contributed by atoms with Crippen molar-refractivity contribution in [1.29, 1.82) is 0 Å². The van der Waals surface area contributed by atoms with Crippen LogP contribution in [0.25, 0.3) is 0 Å². The van der Waals surface area contributed by atoms with Gasteiger partial charge in [-0.3, -0.25) is 0 Å². The van der Waals surface area contributed by atoms with Crippen LogP contribution < -0.4 is 4.74 Å². The van der Waals surface area contributed by atoms with Crippen LogP contribution in [0.3, 0.4) is 0 Å². The summed E-state index contributed by atoms with van der Waals surface area (Å²) in [7, 11) is 1.66. The topological polar surface area (TPSA) is 29.5 Å². The summed E-state index contributed by atoms with van der Waals surface area (Å²) in [6.45, 7) is 2.07. The maximum absolute atomic E-state index is 10.2. The first kappa shape index (κ1) is 13.6. The Bertz CT molecular complexity index is 534. The Balaban J connectivity index is 2.03. The summed E-state index contributed by atoms with van der Waals surface area (Å²) in [5.74, 6) is 0.839. The van der Waals surface area contributed by atoms with E-state index >= 15 is 0 Å². The van der Waals surface area contributed by atoms with Crippen molar-refractivity contribution in [2.45, 2.75) is 25.9 Å². The lowest BCUT2D eigenvalue weighted by Gasteiger charge is -2.13. The van der Waals surface area contributed by atoms with Crippen LogP contribution in [-0.4, -0.2) is 18.3 Å². The molecule has 0 aliphatic heterocycles. The van der Waals surface area contributed by atoms with Crippen LogP contribution in [0.2, 0.25) is 0 Å². The number of ether oxygens (including phenoxy) is 1. The first-order valence-electron chi connectivity index (χ1n) is 6.54. The van der Waals surface area contributed by atoms with Crippen LogP contribution in [0.5, 0.6) is 5.75 Å². The van der Waals surface area contributed by atoms with Crippen LogP contribution in [-0.2, 0) is 12.8 Å². The minimum atomic E-state index is -0.391. The van der Waals surface area contributed by atoms with Gasteiger partial charge in [-0.2, -0.15) is 0 Å². The molecule has 0 aliphatic carbocycles. The van der Waals surface area contributed by atoms with E-state index in [1.807, 2.05) is 30.3 Å². The highest BCUT2D eigenvalue weighted by atomic mass is 16.5. The average molecular weight is 256 g/mol. The van der Waals surface area contributed by atoms with Crippen molar-refractivity contribution in [1.82, 2.24) is 0 Å². The molecule has 1 N–H and O–H groups in total. The number of aliphatic hydroxyl groups excluding tert-OH is 1. The number of aliphatic hydroxyl groups is 1. The third-order valence-corrected chi connectivity index (χ3v) is 3.20. The zero-order valence-electron chi connectivity index (χ0n) is 11.5. The molecule has 2 rings (SSSR count). The van der Waals surface area contributed by atoms with E-state index in [1.54, 1.807) is 7.11 Å². The molecule has 0 radical (unpaired) electrons. The SMILES string of the molecule is COc1ccccc1CC(O)Cc1cccc(C)c1. The molecule has 0 aromatic heterocycles. The molecular weight excluding hydrogens is 236 g/mol. The maximum Gasteiger partial charge on any atom is 0.122 e. The van der Waals surface area contributed by atoms with E-state index in [1.165, 1.54) is 11.1 Å². The van der Waals surface area contributed by atoms with Gasteiger partial charge < -0.3 is 9.84 Å². The molecule has 0 bridgehead atoms. The van der Waals surface area contributed by atoms with Crippen molar-refractivity contribution in [2.24, 2.45) is 0 Å². The van der Waals surface area contributed by atoms with Crippen LogP contribution in [0.15, 0.2) is 48.5 Å². The van der Waals surface area contributed by atoms with Crippen molar-refractivity contribution in [2.75, 3.05) is 7.11 Å². The standard InChI is InChI=1S/C17H20O2/c1-13-6-5-7-14(10-13)11-16(18)12-15-8-3-4-9-17(15)19-2/h3-10,16,18H,11-12H2,1-2H3. The zero-order valence-corrected chi connectivity index (χ0v) is 11.5. The Kier molecular flexibility index (Phi) is 4.58. The second-order valence-electron chi connectivity index (χ2n) is 4.86. The Morgan fingerprint density at radius 1 is 1.05 bits per heavy atom. The number of hydrogen-bond donors (Lipinski definition) is 1. The fourth-order valence-electron chi connectivity index (χ4n) is 2.31. The van der Waals surface area contributed by atoms with Crippen molar-refractivity contribution in [3.8, 4) is 5.75 Å². The van der Waals surface area contributed by atoms with Gasteiger partial charge in [-0.15, -0.1) is 0 Å². The normalized spacial score (nSPS) is 12.2. The van der Waals surface area contributed by atoms with Crippen LogP contribution >= 0.6 is 0 Å². The zero-order chi connectivity index (χ0) is 13.7. The summed E-state index contributed by atoms with van der Waals surface area (Å²) in [6.07, 6.45) is 0.885. The molecule has 0 fully saturated rings. The van der Waals surface area contributed by atoms with E-state index < -0.39 is 6.10 Å². The fourth-order valence-corrected chi connectivity index (χ4v) is 2.31. The summed E-state index contributed by atoms with van der Waals surface area (Å²) in [5.41, 5.74) is 3.44. The number of benzene rings is 2. The van der Waals surface area contributed by atoms with Crippen LogP contribution in [0.4, 0.5) is 0 Å². The van der Waals surface area contributed by atoms with Gasteiger partial charge in [0.25, 0.3) is 0 Å². The highest BCUT2D eigenvalue weighted by molar-refractivity contribution is 5.34. The van der Waals surface area contributed by atoms with Crippen LogP contribution in [0.1, 0.15) is 16.7 Å². The molecule has 2 heteroatoms. The lowest BCUT2D eigenvalue weighted by atomic mass is 10.00. The Morgan fingerprint density at radius 3 is 2.58 bits per heavy atom. The number of para-hydroxylation sites is 1. The molecule has 0 heterocycles. The fraction of sp³-hybridized carbons (Fsp3) is 0.294. The number of rotatable bonds is 5. The first-order chi connectivity index (χ1) is 9.19. The molecule has 0 aliphatic rings. The Hall–Kier alpha value is -1.80. The third kappa shape index (κ3) is 3.83. The van der Waals surface area contributed by atoms with E-state index in [-0.39, 0.29) is 0 Å². The van der Waals surface area contributed by atoms with Gasteiger partial charge in [-0.25, -0.2) is 0 Å². The number of methoxy groups -OCH3 is 1. The van der Waals surface area contributed by atoms with E-state index in [9.17, 15) is 5.11 Å². The number of hydrogen-bond acceptors (Lipinski definition) is 2. The molecule has 0 amide bonds. The van der Waals surface area contributed by atoms with Gasteiger partial charge >= 0.3 is 0 Å². The Morgan fingerprint density at radius 2 is 1.84 bits per heavy atom. The largest absolute Gasteiger partial charge is 0.496 e. The van der Waals surface area contributed by atoms with Crippen molar-refractivity contribution >= 4 is 0 Å². The van der Waals surface area contributed by atoms with Gasteiger partial charge in [-0.1, -0.05) is 48.0 Å². The molecule has 2 aromatic carbocycles. The predicted molar refractivity (Wildman–Crippen MR) is 77.6 cm³/mol. The second kappa shape index (κ2) is 6.39. The molecule has 100 valence electrons. The molecule has 2 aromatic rings. The lowest BCUT2D eigenvalue weighted by Crippen LogP contribution is -2.14. The van der Waals surface area contributed by atoms with E-state index in [2.05, 4.69) is 25.1 Å². The van der Waals surface area contributed by atoms with E-state index in [4.69, 9.17) is 4.74 Å². The molecule has 0 spiro atoms. The third-order valence-electron chi connectivity index (χ3n) is 3.20. The summed E-state index contributed by atoms with van der Waals surface area (Å²) < 4.78 is 5.30. The predicted octanol–water partition coefficient (Wildman–Crippen LogP) is 3.15. The molecule has 2 nitrogen and oxygen atoms in total. The molecule has 1 unspecified atom stereocenters. The minimum absolute atomic E-state index is 0.391. The molecule has 0 saturated carbocycles. The van der Waals surface area contributed by atoms with E-state index in [0.717, 1.165) is 11.3 Å². The summed E-state index contributed by atoms with van der Waals surface area (Å²) >= 11 is 0. The van der Waals surface area contributed by atoms with Crippen molar-refractivity contribution in [3.63, 3.8) is 0 Å². The first-order valence-corrected chi connectivity index (χ1v) is 6.54. The Labute approximate surface area is 114 Å². The quantitative estimate of drug-likeness (QED) is 0.890. The van der Waals surface area contributed by atoms with Gasteiger partial charge in [0.1, 0.15) is 5.75 Å². The number of aryl methyl sites for hydroxylation is 1. The molecule has 19 heavy (non-hydrogen) atoms. The summed E-state index contributed by atoms with van der Waals surface area (Å²) in [6, 6.07) is 16.1. The minimum Gasteiger partial charge on any atom is -0.496 e. The van der Waals surface area contributed by atoms with Gasteiger partial charge in [0.2, 0.25) is 0 Å². The summed E-state index contributed by atoms with van der Waals surface area (Å²) in [4.78, 5) is 0. The van der Waals surface area contributed by atoms with Crippen molar-refractivity contribution < 1.29 is 9.84 Å². The lowest BCUT2D eigenvalue weighted by molar-refractivity contribution is 0.174. The average Bonchev–Trinajstić information content (AvgIpc) is 2.39. The van der Waals surface area contributed by atoms with Crippen molar-refractivity contribution in [3.05, 3.63) is 65.2 Å². The molecule has 1 atom stereocenters. The van der Waals surface area contributed by atoms with E-state index in [0.29, 0.717) is 12.8 Å². The second-order valence-corrected chi connectivity index (χ2v) is 4.86. The summed E-state index contributed by atoms with van der Waals surface area (Å²) in [5, 5.41) is 10.2. The molecule has 0 saturated heterocycles. The smallest absolute Gasteiger partial charge is 0.122 e. The monoisotopic (exact) mass is 256 g/mol. The van der Waals surface area contributed by atoms with Gasteiger partial charge in [-0.05, 0) is 30.5 Å². The van der Waals surface area contributed by atoms with Gasteiger partial charge in [0, 0.05) is 6.42 Å². The highest BCUT2D eigenvalue weighted by Gasteiger charge is 2.10. The van der Waals surface area contributed by atoms with Crippen LogP contribution in [0, 0.1) is 6.92 Å². The van der Waals surface area contributed by atoms with Gasteiger partial charge in [0.15, 0.2) is 0 Å². The maximum atomic E-state index is 10.2.